The summed E-state index contributed by atoms with van der Waals surface area (Å²) in [6.45, 7) is 25.9. The van der Waals surface area contributed by atoms with Crippen LogP contribution in [0.3, 0.4) is 0 Å². The average Bonchev–Trinajstić information content (AvgIpc) is 3.90. The molecule has 1 N–H and O–H groups in total. The van der Waals surface area contributed by atoms with Gasteiger partial charge in [0, 0.05) is 5.92 Å². The van der Waals surface area contributed by atoms with Gasteiger partial charge in [0.25, 0.3) is 0 Å². The lowest BCUT2D eigenvalue weighted by atomic mass is 9.74. The molecule has 0 saturated carbocycles. The Bertz CT molecular complexity index is 1280. The molecule has 12 nitrogen and oxygen atoms in total. The topological polar surface area (TPSA) is 156 Å². The Balaban J connectivity index is 0.000000361. The molecule has 3 aliphatic rings. The van der Waals surface area contributed by atoms with Gasteiger partial charge in [-0.2, -0.15) is 0 Å². The van der Waals surface area contributed by atoms with Crippen molar-refractivity contribution in [3.63, 3.8) is 0 Å². The molecule has 0 bridgehead atoms. The zero-order valence-corrected chi connectivity index (χ0v) is 35.2. The number of carbonyl (C=O) groups excluding carboxylic acids is 4. The largest absolute Gasteiger partial charge is 0.508 e. The van der Waals surface area contributed by atoms with Crippen LogP contribution in [0, 0.1) is 33.5 Å². The molecule has 0 aromatic heterocycles. The lowest BCUT2D eigenvalue weighted by molar-refractivity contribution is -0.173. The van der Waals surface area contributed by atoms with E-state index in [0.717, 1.165) is 58.3 Å². The highest BCUT2D eigenvalue weighted by Crippen LogP contribution is 2.40. The smallest absolute Gasteiger partial charge is 0.316 e. The van der Waals surface area contributed by atoms with Crippen molar-refractivity contribution in [2.75, 3.05) is 53.4 Å². The number of hydrogen-bond donors (Lipinski definition) is 1. The molecule has 3 saturated heterocycles. The van der Waals surface area contributed by atoms with Gasteiger partial charge in [0.05, 0.1) is 67.7 Å². The van der Waals surface area contributed by atoms with Gasteiger partial charge in [-0.1, -0.05) is 48.5 Å². The Kier molecular flexibility index (Phi) is 20.8. The van der Waals surface area contributed by atoms with Crippen molar-refractivity contribution >= 4 is 23.9 Å². The Morgan fingerprint density at radius 2 is 1.41 bits per heavy atom. The predicted octanol–water partition coefficient (Wildman–Crippen LogP) is 7.71. The molecule has 0 spiro atoms. The van der Waals surface area contributed by atoms with Gasteiger partial charge in [-0.25, -0.2) is 0 Å². The van der Waals surface area contributed by atoms with Crippen LogP contribution in [0.4, 0.5) is 0 Å². The van der Waals surface area contributed by atoms with Crippen LogP contribution in [0.25, 0.3) is 0 Å². The maximum Gasteiger partial charge on any atom is 0.316 e. The number of hydrogen-bond acceptors (Lipinski definition) is 12. The minimum Gasteiger partial charge on any atom is -0.508 e. The molecule has 0 aliphatic carbocycles. The molecular weight excluding hydrogens is 696 g/mol. The number of aromatic hydroxyl groups is 1. The van der Waals surface area contributed by atoms with Gasteiger partial charge >= 0.3 is 23.9 Å². The Hall–Kier alpha value is -3.22. The van der Waals surface area contributed by atoms with E-state index in [1.165, 1.54) is 19.2 Å². The molecule has 0 amide bonds. The first kappa shape index (κ1) is 48.8. The van der Waals surface area contributed by atoms with E-state index in [9.17, 15) is 19.2 Å². The van der Waals surface area contributed by atoms with Crippen molar-refractivity contribution in [3.05, 3.63) is 24.3 Å². The SMILES string of the molecule is CCC(C)(C)C(=O)OCC1CO1.CCC(C)(C)C(=O)Oc1ccc(O)cc1.CCC(C)C(=O)OCC1(CC)COC1.CCC1COCC1(CC)C(=O)OC. The summed E-state index contributed by atoms with van der Waals surface area (Å²) in [6.07, 6.45) is 5.33. The third-order valence-corrected chi connectivity index (χ3v) is 11.0. The highest BCUT2D eigenvalue weighted by molar-refractivity contribution is 5.78. The molecular formula is C42H70O12. The Morgan fingerprint density at radius 3 is 1.83 bits per heavy atom. The maximum absolute atomic E-state index is 11.7. The lowest BCUT2D eigenvalue weighted by Gasteiger charge is -2.40. The van der Waals surface area contributed by atoms with E-state index < -0.39 is 5.41 Å². The van der Waals surface area contributed by atoms with E-state index in [1.54, 1.807) is 12.1 Å². The molecule has 1 aromatic rings. The summed E-state index contributed by atoms with van der Waals surface area (Å²) in [5, 5.41) is 9.06. The number of phenols is 1. The number of carbonyl (C=O) groups is 4. The van der Waals surface area contributed by atoms with Crippen LogP contribution in [0.2, 0.25) is 0 Å². The number of ether oxygens (including phenoxy) is 7. The zero-order chi connectivity index (χ0) is 41.2. The molecule has 54 heavy (non-hydrogen) atoms. The molecule has 3 fully saturated rings. The molecule has 3 aliphatic heterocycles. The van der Waals surface area contributed by atoms with Crippen molar-refractivity contribution in [2.24, 2.45) is 33.5 Å². The van der Waals surface area contributed by atoms with Crippen LogP contribution in [-0.4, -0.2) is 88.4 Å². The number of epoxide rings is 1. The second-order valence-electron chi connectivity index (χ2n) is 15.8. The first-order chi connectivity index (χ1) is 25.4. The first-order valence-corrected chi connectivity index (χ1v) is 19.6. The first-order valence-electron chi connectivity index (χ1n) is 19.6. The highest BCUT2D eigenvalue weighted by Gasteiger charge is 2.48. The van der Waals surface area contributed by atoms with Gasteiger partial charge in [0.1, 0.15) is 30.8 Å². The van der Waals surface area contributed by atoms with Crippen molar-refractivity contribution in [3.8, 4) is 11.5 Å². The lowest BCUT2D eigenvalue weighted by Crippen LogP contribution is -2.46. The molecule has 4 rings (SSSR count). The van der Waals surface area contributed by atoms with Gasteiger partial charge < -0.3 is 38.3 Å². The van der Waals surface area contributed by atoms with Crippen LogP contribution in [-0.2, 0) is 47.6 Å². The van der Waals surface area contributed by atoms with Gasteiger partial charge in [0.15, 0.2) is 0 Å². The summed E-state index contributed by atoms with van der Waals surface area (Å²) in [6, 6.07) is 6.11. The average molecular weight is 767 g/mol. The van der Waals surface area contributed by atoms with Gasteiger partial charge in [-0.05, 0) is 90.5 Å². The fraction of sp³-hybridized carbons (Fsp3) is 0.762. The van der Waals surface area contributed by atoms with Crippen LogP contribution in [0.1, 0.15) is 115 Å². The summed E-state index contributed by atoms with van der Waals surface area (Å²) >= 11 is 0. The van der Waals surface area contributed by atoms with E-state index in [1.807, 2.05) is 62.3 Å². The van der Waals surface area contributed by atoms with Crippen molar-refractivity contribution in [1.82, 2.24) is 0 Å². The normalized spacial score (nSPS) is 21.5. The van der Waals surface area contributed by atoms with E-state index in [-0.39, 0.29) is 57.9 Å². The van der Waals surface area contributed by atoms with Crippen LogP contribution < -0.4 is 4.74 Å². The number of phenolic OH excluding ortho intramolecular Hbond substituents is 1. The standard InChI is InChI=1S/C12H16O3.C11H20O3.C10H18O3.C9H16O3/c1-4-12(2,3)11(14)15-10-7-5-9(13)6-8-10;1-4-9(3)10(12)14-8-11(5-2)6-13-7-11;1-4-8-6-13-7-10(8,5-2)9(11)12-3;1-4-9(2,3)8(10)12-6-7-5-11-7/h5-8,13H,4H2,1-3H3;9H,4-8H2,1-3H3;8H,4-7H2,1-3H3;7H,4-6H2,1-3H3. The Morgan fingerprint density at radius 1 is 0.833 bits per heavy atom. The molecule has 12 heteroatoms. The minimum atomic E-state index is -0.474. The van der Waals surface area contributed by atoms with Crippen LogP contribution in [0.5, 0.6) is 11.5 Å². The van der Waals surface area contributed by atoms with Crippen molar-refractivity contribution in [2.45, 2.75) is 121 Å². The van der Waals surface area contributed by atoms with Crippen LogP contribution >= 0.6 is 0 Å². The predicted molar refractivity (Wildman–Crippen MR) is 206 cm³/mol. The van der Waals surface area contributed by atoms with Gasteiger partial charge in [0.2, 0.25) is 0 Å². The number of methoxy groups -OCH3 is 1. The molecule has 1 aromatic carbocycles. The summed E-state index contributed by atoms with van der Waals surface area (Å²) in [5.74, 6) is 0.390. The van der Waals surface area contributed by atoms with Crippen molar-refractivity contribution in [1.29, 1.82) is 0 Å². The Labute approximate surface area is 324 Å². The molecule has 0 radical (unpaired) electrons. The highest BCUT2D eigenvalue weighted by atomic mass is 16.6. The summed E-state index contributed by atoms with van der Waals surface area (Å²) in [4.78, 5) is 46.1. The van der Waals surface area contributed by atoms with Crippen LogP contribution in [0.15, 0.2) is 24.3 Å². The molecule has 4 unspecified atom stereocenters. The van der Waals surface area contributed by atoms with E-state index in [0.29, 0.717) is 38.1 Å². The van der Waals surface area contributed by atoms with Crippen molar-refractivity contribution < 1.29 is 57.4 Å². The fourth-order valence-corrected chi connectivity index (χ4v) is 5.02. The number of esters is 4. The third kappa shape index (κ3) is 15.1. The minimum absolute atomic E-state index is 0.0184. The second-order valence-corrected chi connectivity index (χ2v) is 15.8. The molecule has 4 atom stereocenters. The maximum atomic E-state index is 11.7. The fourth-order valence-electron chi connectivity index (χ4n) is 5.02. The van der Waals surface area contributed by atoms with E-state index in [4.69, 9.17) is 38.3 Å². The quantitative estimate of drug-likeness (QED) is 0.0804. The van der Waals surface area contributed by atoms with E-state index >= 15 is 0 Å². The number of rotatable bonds is 15. The monoisotopic (exact) mass is 766 g/mol. The van der Waals surface area contributed by atoms with Gasteiger partial charge in [-0.3, -0.25) is 19.2 Å². The summed E-state index contributed by atoms with van der Waals surface area (Å²) < 4.78 is 35.8. The second kappa shape index (κ2) is 23.0. The van der Waals surface area contributed by atoms with E-state index in [2.05, 4.69) is 13.8 Å². The summed E-state index contributed by atoms with van der Waals surface area (Å²) in [5.41, 5.74) is -1.08. The van der Waals surface area contributed by atoms with Gasteiger partial charge in [-0.15, -0.1) is 0 Å². The third-order valence-electron chi connectivity index (χ3n) is 11.0. The molecule has 3 heterocycles. The zero-order valence-electron chi connectivity index (χ0n) is 35.2. The summed E-state index contributed by atoms with van der Waals surface area (Å²) in [7, 11) is 1.45. The molecule has 310 valence electrons. The number of benzene rings is 1.